The highest BCUT2D eigenvalue weighted by molar-refractivity contribution is 6.00. The third kappa shape index (κ3) is 3.84. The first kappa shape index (κ1) is 21.6. The van der Waals surface area contributed by atoms with E-state index < -0.39 is 23.5 Å². The van der Waals surface area contributed by atoms with E-state index in [9.17, 15) is 19.5 Å². The van der Waals surface area contributed by atoms with Gasteiger partial charge in [0.1, 0.15) is 16.9 Å². The Morgan fingerprint density at radius 1 is 1.03 bits per heavy atom. The van der Waals surface area contributed by atoms with Gasteiger partial charge in [0, 0.05) is 28.3 Å². The van der Waals surface area contributed by atoms with E-state index >= 15 is 0 Å². The Hall–Kier alpha value is -3.09. The van der Waals surface area contributed by atoms with E-state index in [-0.39, 0.29) is 12.8 Å². The van der Waals surface area contributed by atoms with Crippen LogP contribution < -0.4 is 16.0 Å². The van der Waals surface area contributed by atoms with Crippen molar-refractivity contribution in [2.45, 2.75) is 66.3 Å². The van der Waals surface area contributed by atoms with Crippen molar-refractivity contribution in [3.8, 4) is 0 Å². The molecular formula is C23H26NO6-. The number of fused-ring (bicyclic) bond motifs is 2. The number of amides is 1. The standard InChI is InChI=1S/C23H27NO6/c1-6-7-18(22(26)27)24-19(25)9-8-15-12(3)17-10-16-11(2)14(5)29-20(16)13(4)21(17)30-23(15)28/h10,18H,6-9H2,1-5H3,(H,24,25)(H,26,27)/p-1/t18-/m0/s1. The summed E-state index contributed by atoms with van der Waals surface area (Å²) in [5, 5.41) is 15.4. The summed E-state index contributed by atoms with van der Waals surface area (Å²) in [7, 11) is 0. The molecule has 2 aromatic heterocycles. The fourth-order valence-corrected chi connectivity index (χ4v) is 3.82. The Balaban J connectivity index is 1.94. The molecular weight excluding hydrogens is 386 g/mol. The second-order valence-electron chi connectivity index (χ2n) is 7.76. The van der Waals surface area contributed by atoms with Crippen LogP contribution in [0.5, 0.6) is 0 Å². The van der Waals surface area contributed by atoms with E-state index in [2.05, 4.69) is 5.32 Å². The van der Waals surface area contributed by atoms with Gasteiger partial charge in [-0.1, -0.05) is 13.3 Å². The summed E-state index contributed by atoms with van der Waals surface area (Å²) in [4.78, 5) is 36.0. The van der Waals surface area contributed by atoms with Gasteiger partial charge in [0.05, 0.1) is 12.0 Å². The summed E-state index contributed by atoms with van der Waals surface area (Å²) in [6.45, 7) is 9.40. The van der Waals surface area contributed by atoms with Crippen LogP contribution in [0.2, 0.25) is 0 Å². The van der Waals surface area contributed by atoms with Crippen LogP contribution in [0.25, 0.3) is 21.9 Å². The van der Waals surface area contributed by atoms with Crippen molar-refractivity contribution in [2.24, 2.45) is 0 Å². The van der Waals surface area contributed by atoms with Crippen LogP contribution in [0.15, 0.2) is 19.7 Å². The van der Waals surface area contributed by atoms with Gasteiger partial charge in [-0.3, -0.25) is 4.79 Å². The van der Waals surface area contributed by atoms with Gasteiger partial charge in [-0.2, -0.15) is 0 Å². The van der Waals surface area contributed by atoms with E-state index in [0.29, 0.717) is 29.6 Å². The van der Waals surface area contributed by atoms with Gasteiger partial charge in [0.25, 0.3) is 0 Å². The summed E-state index contributed by atoms with van der Waals surface area (Å²) in [6.07, 6.45) is 1.04. The molecule has 0 aliphatic heterocycles. The Kier molecular flexibility index (Phi) is 6.01. The average Bonchev–Trinajstić information content (AvgIpc) is 2.97. The zero-order valence-corrected chi connectivity index (χ0v) is 17.9. The molecule has 30 heavy (non-hydrogen) atoms. The molecule has 0 fully saturated rings. The third-order valence-corrected chi connectivity index (χ3v) is 5.74. The number of hydrogen-bond donors (Lipinski definition) is 1. The van der Waals surface area contributed by atoms with Gasteiger partial charge in [0.2, 0.25) is 5.91 Å². The normalized spacial score (nSPS) is 12.4. The lowest BCUT2D eigenvalue weighted by atomic mass is 9.98. The Bertz CT molecular complexity index is 1200. The zero-order valence-electron chi connectivity index (χ0n) is 17.9. The zero-order chi connectivity index (χ0) is 22.2. The maximum Gasteiger partial charge on any atom is 0.339 e. The molecule has 3 rings (SSSR count). The molecule has 0 aliphatic carbocycles. The first-order chi connectivity index (χ1) is 14.1. The highest BCUT2D eigenvalue weighted by Crippen LogP contribution is 2.34. The van der Waals surface area contributed by atoms with Crippen LogP contribution in [0, 0.1) is 27.7 Å². The SMILES string of the molecule is CCC[C@H](NC(=O)CCc1c(C)c2cc3c(C)c(C)oc3c(C)c2oc1=O)C(=O)[O-]. The smallest absolute Gasteiger partial charge is 0.339 e. The Labute approximate surface area is 174 Å². The maximum atomic E-state index is 12.6. The monoisotopic (exact) mass is 412 g/mol. The minimum absolute atomic E-state index is 0.0182. The number of hydrogen-bond acceptors (Lipinski definition) is 6. The van der Waals surface area contributed by atoms with Gasteiger partial charge in [0.15, 0.2) is 0 Å². The van der Waals surface area contributed by atoms with Crippen LogP contribution in [-0.2, 0) is 16.0 Å². The lowest BCUT2D eigenvalue weighted by Crippen LogP contribution is -2.47. The number of aryl methyl sites for hydroxylation is 4. The van der Waals surface area contributed by atoms with Crippen LogP contribution in [0.3, 0.4) is 0 Å². The van der Waals surface area contributed by atoms with Crippen LogP contribution in [-0.4, -0.2) is 17.9 Å². The van der Waals surface area contributed by atoms with E-state index in [0.717, 1.165) is 33.2 Å². The van der Waals surface area contributed by atoms with Crippen LogP contribution in [0.1, 0.15) is 54.2 Å². The maximum absolute atomic E-state index is 12.6. The molecule has 1 aromatic carbocycles. The quantitative estimate of drug-likeness (QED) is 0.597. The van der Waals surface area contributed by atoms with Crippen molar-refractivity contribution in [2.75, 3.05) is 0 Å². The molecule has 7 nitrogen and oxygen atoms in total. The summed E-state index contributed by atoms with van der Waals surface area (Å²) in [5.41, 5.74) is 3.64. The van der Waals surface area contributed by atoms with Crippen molar-refractivity contribution in [3.05, 3.63) is 44.5 Å². The predicted molar refractivity (Wildman–Crippen MR) is 111 cm³/mol. The number of carboxylic acids is 1. The predicted octanol–water partition coefficient (Wildman–Crippen LogP) is 2.74. The lowest BCUT2D eigenvalue weighted by Gasteiger charge is -2.19. The van der Waals surface area contributed by atoms with Crippen LogP contribution >= 0.6 is 0 Å². The summed E-state index contributed by atoms with van der Waals surface area (Å²) in [6, 6.07) is 0.929. The summed E-state index contributed by atoms with van der Waals surface area (Å²) >= 11 is 0. The number of furan rings is 1. The topological polar surface area (TPSA) is 113 Å². The number of rotatable bonds is 7. The molecule has 1 amide bonds. The van der Waals surface area contributed by atoms with Gasteiger partial charge in [-0.25, -0.2) is 4.79 Å². The Morgan fingerprint density at radius 3 is 2.30 bits per heavy atom. The number of carbonyl (C=O) groups excluding carboxylic acids is 2. The summed E-state index contributed by atoms with van der Waals surface area (Å²) < 4.78 is 11.4. The van der Waals surface area contributed by atoms with Crippen molar-refractivity contribution in [1.82, 2.24) is 5.32 Å². The lowest BCUT2D eigenvalue weighted by molar-refractivity contribution is -0.308. The van der Waals surface area contributed by atoms with Crippen molar-refractivity contribution in [1.29, 1.82) is 0 Å². The molecule has 0 bridgehead atoms. The van der Waals surface area contributed by atoms with Gasteiger partial charge >= 0.3 is 5.63 Å². The number of carbonyl (C=O) groups is 2. The van der Waals surface area contributed by atoms with Crippen molar-refractivity contribution < 1.29 is 23.5 Å². The molecule has 2 heterocycles. The highest BCUT2D eigenvalue weighted by Gasteiger charge is 2.20. The number of carboxylic acid groups (broad SMARTS) is 1. The van der Waals surface area contributed by atoms with Crippen molar-refractivity contribution >= 4 is 33.8 Å². The van der Waals surface area contributed by atoms with Gasteiger partial charge in [-0.05, 0) is 57.7 Å². The third-order valence-electron chi connectivity index (χ3n) is 5.74. The van der Waals surface area contributed by atoms with Crippen LogP contribution in [0.4, 0.5) is 0 Å². The molecule has 0 saturated heterocycles. The number of nitrogens with one attached hydrogen (secondary N) is 1. The molecule has 0 aliphatic rings. The molecule has 1 N–H and O–H groups in total. The van der Waals surface area contributed by atoms with E-state index in [1.165, 1.54) is 0 Å². The molecule has 0 spiro atoms. The van der Waals surface area contributed by atoms with E-state index in [1.54, 1.807) is 0 Å². The van der Waals surface area contributed by atoms with E-state index in [4.69, 9.17) is 8.83 Å². The molecule has 0 unspecified atom stereocenters. The van der Waals surface area contributed by atoms with Gasteiger partial charge < -0.3 is 24.1 Å². The first-order valence-corrected chi connectivity index (χ1v) is 10.1. The Morgan fingerprint density at radius 2 is 1.67 bits per heavy atom. The number of benzene rings is 1. The minimum atomic E-state index is -1.31. The molecule has 160 valence electrons. The second-order valence-corrected chi connectivity index (χ2v) is 7.76. The first-order valence-electron chi connectivity index (χ1n) is 10.1. The van der Waals surface area contributed by atoms with Gasteiger partial charge in [-0.15, -0.1) is 0 Å². The largest absolute Gasteiger partial charge is 0.548 e. The fourth-order valence-electron chi connectivity index (χ4n) is 3.82. The van der Waals surface area contributed by atoms with E-state index in [1.807, 2.05) is 40.7 Å². The molecule has 3 aromatic rings. The summed E-state index contributed by atoms with van der Waals surface area (Å²) in [5.74, 6) is -0.934. The average molecular weight is 412 g/mol. The molecule has 7 heteroatoms. The molecule has 0 radical (unpaired) electrons. The molecule has 1 atom stereocenters. The molecule has 0 saturated carbocycles. The highest BCUT2D eigenvalue weighted by atomic mass is 16.4. The number of aliphatic carboxylic acids is 1. The second kappa shape index (κ2) is 8.34. The van der Waals surface area contributed by atoms with Crippen molar-refractivity contribution in [3.63, 3.8) is 0 Å². The minimum Gasteiger partial charge on any atom is -0.548 e. The fraction of sp³-hybridized carbons (Fsp3) is 0.435.